The average molecular weight is 401 g/mol. The monoisotopic (exact) mass is 400 g/mol. The van der Waals surface area contributed by atoms with Crippen LogP contribution in [0.25, 0.3) is 0 Å². The molecule has 0 heterocycles. The van der Waals surface area contributed by atoms with E-state index >= 15 is 0 Å². The minimum Gasteiger partial charge on any atom is -0.481 e. The summed E-state index contributed by atoms with van der Waals surface area (Å²) in [5.41, 5.74) is 1.25. The van der Waals surface area contributed by atoms with Crippen LogP contribution in [0.2, 0.25) is 0 Å². The molecule has 0 aromatic rings. The van der Waals surface area contributed by atoms with E-state index in [4.69, 9.17) is 4.74 Å². The highest BCUT2D eigenvalue weighted by molar-refractivity contribution is 5.88. The molecule has 160 valence electrons. The van der Waals surface area contributed by atoms with Crippen molar-refractivity contribution in [3.8, 4) is 0 Å². The molecule has 4 aliphatic carbocycles. The molecule has 4 heteroatoms. The Balaban J connectivity index is 1.68. The fraction of sp³-hybridized carbons (Fsp3) is 0.760. The summed E-state index contributed by atoms with van der Waals surface area (Å²) < 4.78 is 5.83. The van der Waals surface area contributed by atoms with Crippen molar-refractivity contribution in [3.63, 3.8) is 0 Å². The van der Waals surface area contributed by atoms with E-state index in [9.17, 15) is 14.7 Å². The third kappa shape index (κ3) is 2.77. The summed E-state index contributed by atoms with van der Waals surface area (Å²) in [5.74, 6) is 0.0690. The van der Waals surface area contributed by atoms with Crippen LogP contribution in [0.3, 0.4) is 0 Å². The van der Waals surface area contributed by atoms with E-state index in [1.54, 1.807) is 19.9 Å². The van der Waals surface area contributed by atoms with Crippen LogP contribution in [-0.2, 0) is 14.3 Å². The Morgan fingerprint density at radius 2 is 1.86 bits per heavy atom. The first-order chi connectivity index (χ1) is 13.6. The van der Waals surface area contributed by atoms with Gasteiger partial charge in [0.2, 0.25) is 0 Å². The Morgan fingerprint density at radius 1 is 1.14 bits per heavy atom. The number of aliphatic carboxylic acids is 1. The van der Waals surface area contributed by atoms with Gasteiger partial charge in [-0.15, -0.1) is 0 Å². The smallest absolute Gasteiger partial charge is 0.333 e. The zero-order valence-electron chi connectivity index (χ0n) is 18.4. The topological polar surface area (TPSA) is 63.6 Å². The molecule has 0 saturated heterocycles. The van der Waals surface area contributed by atoms with Gasteiger partial charge in [-0.05, 0) is 101 Å². The zero-order chi connectivity index (χ0) is 21.2. The molecule has 0 amide bonds. The predicted molar refractivity (Wildman–Crippen MR) is 112 cm³/mol. The van der Waals surface area contributed by atoms with E-state index in [1.165, 1.54) is 24.8 Å². The van der Waals surface area contributed by atoms with Crippen molar-refractivity contribution in [2.75, 3.05) is 0 Å². The van der Waals surface area contributed by atoms with Crippen molar-refractivity contribution in [2.24, 2.45) is 34.0 Å². The Bertz CT molecular complexity index is 782. The molecular formula is C25H36O4. The number of carbonyl (C=O) groups is 2. The van der Waals surface area contributed by atoms with E-state index in [0.29, 0.717) is 29.2 Å². The van der Waals surface area contributed by atoms with Gasteiger partial charge in [0.1, 0.15) is 11.5 Å². The maximum atomic E-state index is 12.7. The third-order valence-corrected chi connectivity index (χ3v) is 9.68. The van der Waals surface area contributed by atoms with Gasteiger partial charge in [0.25, 0.3) is 0 Å². The van der Waals surface area contributed by atoms with Gasteiger partial charge >= 0.3 is 11.9 Å². The minimum atomic E-state index is -1.04. The molecule has 0 aromatic carbocycles. The molecule has 7 atom stereocenters. The van der Waals surface area contributed by atoms with E-state index in [-0.39, 0.29) is 17.3 Å². The Kier molecular flexibility index (Phi) is 4.79. The van der Waals surface area contributed by atoms with Gasteiger partial charge in [-0.3, -0.25) is 4.79 Å². The fourth-order valence-corrected chi connectivity index (χ4v) is 8.06. The first-order valence-electron chi connectivity index (χ1n) is 11.3. The number of rotatable bonds is 3. The molecule has 4 rings (SSSR count). The lowest BCUT2D eigenvalue weighted by atomic mass is 9.40. The highest BCUT2D eigenvalue weighted by Crippen LogP contribution is 2.72. The molecular weight excluding hydrogens is 364 g/mol. The summed E-state index contributed by atoms with van der Waals surface area (Å²) in [5, 5.41) is 10.4. The lowest BCUT2D eigenvalue weighted by Gasteiger charge is -2.64. The quantitative estimate of drug-likeness (QED) is 0.384. The van der Waals surface area contributed by atoms with Crippen LogP contribution >= 0.6 is 0 Å². The summed E-state index contributed by atoms with van der Waals surface area (Å²) in [6.45, 7) is 12.1. The summed E-state index contributed by atoms with van der Waals surface area (Å²) in [6, 6.07) is 0. The number of fused-ring (bicyclic) bond motifs is 3. The van der Waals surface area contributed by atoms with Crippen molar-refractivity contribution in [2.45, 2.75) is 85.2 Å². The Labute approximate surface area is 174 Å². The highest BCUT2D eigenvalue weighted by atomic mass is 16.5. The van der Waals surface area contributed by atoms with Crippen molar-refractivity contribution < 1.29 is 19.4 Å². The predicted octanol–water partition coefficient (Wildman–Crippen LogP) is 5.53. The number of carboxylic acids is 1. The normalized spacial score (nSPS) is 46.6. The highest BCUT2D eigenvalue weighted by Gasteiger charge is 2.67. The maximum Gasteiger partial charge on any atom is 0.333 e. The van der Waals surface area contributed by atoms with Gasteiger partial charge in [-0.2, -0.15) is 0 Å². The van der Waals surface area contributed by atoms with Crippen LogP contribution in [0.4, 0.5) is 0 Å². The lowest BCUT2D eigenvalue weighted by molar-refractivity contribution is -0.211. The second kappa shape index (κ2) is 6.72. The SMILES string of the molecule is C=C1C[C@]23CC[C@H]4C(C)(C(=O)O)C(OC(=O)C(C)=CC)CC[C@]4(C)[C@H]2CC[C@@H]1C3. The van der Waals surface area contributed by atoms with E-state index in [2.05, 4.69) is 13.5 Å². The van der Waals surface area contributed by atoms with Crippen LogP contribution in [-0.4, -0.2) is 23.1 Å². The summed E-state index contributed by atoms with van der Waals surface area (Å²) in [7, 11) is 0. The van der Waals surface area contributed by atoms with Crippen molar-refractivity contribution in [3.05, 3.63) is 23.8 Å². The van der Waals surface area contributed by atoms with Gasteiger partial charge in [0, 0.05) is 5.57 Å². The Hall–Kier alpha value is -1.58. The fourth-order valence-electron chi connectivity index (χ4n) is 8.06. The van der Waals surface area contributed by atoms with Gasteiger partial charge in [-0.25, -0.2) is 4.79 Å². The second-order valence-corrected chi connectivity index (χ2v) is 10.8. The molecule has 1 spiro atoms. The van der Waals surface area contributed by atoms with Gasteiger partial charge in [-0.1, -0.05) is 25.2 Å². The van der Waals surface area contributed by atoms with Gasteiger partial charge < -0.3 is 9.84 Å². The lowest BCUT2D eigenvalue weighted by Crippen LogP contribution is -2.63. The van der Waals surface area contributed by atoms with Crippen LogP contribution < -0.4 is 0 Å². The second-order valence-electron chi connectivity index (χ2n) is 10.8. The zero-order valence-corrected chi connectivity index (χ0v) is 18.4. The minimum absolute atomic E-state index is 0.0144. The first kappa shape index (κ1) is 20.7. The summed E-state index contributed by atoms with van der Waals surface area (Å²) in [6.07, 6.45) is 9.51. The number of ether oxygens (including phenoxy) is 1. The number of hydrogen-bond acceptors (Lipinski definition) is 3. The molecule has 4 saturated carbocycles. The van der Waals surface area contributed by atoms with Gasteiger partial charge in [0.15, 0.2) is 0 Å². The van der Waals surface area contributed by atoms with Crippen LogP contribution in [0.15, 0.2) is 23.8 Å². The molecule has 0 aliphatic heterocycles. The molecule has 2 unspecified atom stereocenters. The summed E-state index contributed by atoms with van der Waals surface area (Å²) in [4.78, 5) is 25.1. The van der Waals surface area contributed by atoms with Crippen molar-refractivity contribution in [1.29, 1.82) is 0 Å². The molecule has 2 bridgehead atoms. The molecule has 4 fully saturated rings. The molecule has 0 radical (unpaired) electrons. The van der Waals surface area contributed by atoms with Crippen molar-refractivity contribution >= 4 is 11.9 Å². The number of carbonyl (C=O) groups excluding carboxylic acids is 1. The average Bonchev–Trinajstić information content (AvgIpc) is 2.91. The number of esters is 1. The van der Waals surface area contributed by atoms with E-state index in [1.807, 2.05) is 6.92 Å². The number of allylic oxidation sites excluding steroid dienone is 2. The molecule has 4 aliphatic rings. The Morgan fingerprint density at radius 3 is 2.52 bits per heavy atom. The van der Waals surface area contributed by atoms with Crippen molar-refractivity contribution in [1.82, 2.24) is 0 Å². The van der Waals surface area contributed by atoms with Gasteiger partial charge in [0.05, 0.1) is 0 Å². The molecule has 4 nitrogen and oxygen atoms in total. The number of carboxylic acid groups (broad SMARTS) is 1. The van der Waals surface area contributed by atoms with Crippen LogP contribution in [0.1, 0.15) is 79.1 Å². The standard InChI is InChI=1S/C25H36O4/c1-6-15(2)21(26)29-20-10-11-23(4)18(24(20,5)22(27)28)9-12-25-13-16(3)17(14-25)7-8-19(23)25/h6,17-20H,3,7-14H2,1-2,4-5H3,(H,27,28)/t17-,18-,19-,20?,23+,24?,25+/m1/s1. The summed E-state index contributed by atoms with van der Waals surface area (Å²) >= 11 is 0. The number of hydrogen-bond donors (Lipinski definition) is 1. The molecule has 0 aromatic heterocycles. The largest absolute Gasteiger partial charge is 0.481 e. The maximum absolute atomic E-state index is 12.7. The van der Waals surface area contributed by atoms with Crippen LogP contribution in [0.5, 0.6) is 0 Å². The third-order valence-electron chi connectivity index (χ3n) is 9.68. The first-order valence-corrected chi connectivity index (χ1v) is 11.3. The molecule has 1 N–H and O–H groups in total. The molecule has 29 heavy (non-hydrogen) atoms. The van der Waals surface area contributed by atoms with E-state index in [0.717, 1.165) is 25.7 Å². The van der Waals surface area contributed by atoms with Crippen LogP contribution in [0, 0.1) is 34.0 Å². The van der Waals surface area contributed by atoms with E-state index < -0.39 is 17.5 Å².